The number of nitrogens with one attached hydrogen (secondary N) is 1. The van der Waals surface area contributed by atoms with Gasteiger partial charge in [0.1, 0.15) is 24.4 Å². The van der Waals surface area contributed by atoms with E-state index in [-0.39, 0.29) is 5.63 Å². The number of aryl methyl sites for hydroxylation is 1. The molecule has 1 heterocycles. The van der Waals surface area contributed by atoms with E-state index in [1.807, 2.05) is 37.3 Å². The van der Waals surface area contributed by atoms with Crippen molar-refractivity contribution in [3.8, 4) is 5.75 Å². The van der Waals surface area contributed by atoms with E-state index in [2.05, 4.69) is 13.1 Å². The normalized spacial score (nSPS) is 12.3. The number of hydrogen-bond donors (Lipinski definition) is 1. The molecule has 0 aliphatic rings. The summed E-state index contributed by atoms with van der Waals surface area (Å²) in [7, 11) is 3.76. The van der Waals surface area contributed by atoms with Crippen molar-refractivity contribution in [1.82, 2.24) is 0 Å². The van der Waals surface area contributed by atoms with Gasteiger partial charge in [-0.2, -0.15) is 0 Å². The molecule has 130 valence electrons. The van der Waals surface area contributed by atoms with Crippen LogP contribution in [0, 0.1) is 6.92 Å². The molecular formula is C20H21ClNO3+. The molecule has 0 aliphatic heterocycles. The molecule has 25 heavy (non-hydrogen) atoms. The standard InChI is InChI=1S/C20H20ClNO3/c1-13-7-19-17(10-18(13)21)15(9-20(23)25-19)12-22(2)11-14-5-4-6-16(8-14)24-3/h4-10H,11-12H2,1-3H3/p+1. The van der Waals surface area contributed by atoms with Crippen LogP contribution in [0.1, 0.15) is 16.7 Å². The Bertz CT molecular complexity index is 965. The van der Waals surface area contributed by atoms with Crippen LogP contribution < -0.4 is 15.3 Å². The van der Waals surface area contributed by atoms with Crippen molar-refractivity contribution in [3.63, 3.8) is 0 Å². The van der Waals surface area contributed by atoms with Crippen LogP contribution in [0.15, 0.2) is 51.7 Å². The van der Waals surface area contributed by atoms with E-state index in [1.54, 1.807) is 13.2 Å². The SMILES string of the molecule is COc1cccc(C[NH+](C)Cc2cc(=O)oc3cc(C)c(Cl)cc23)c1. The zero-order valence-corrected chi connectivity index (χ0v) is 15.3. The highest BCUT2D eigenvalue weighted by atomic mass is 35.5. The van der Waals surface area contributed by atoms with Gasteiger partial charge in [-0.25, -0.2) is 4.79 Å². The monoisotopic (exact) mass is 358 g/mol. The van der Waals surface area contributed by atoms with E-state index < -0.39 is 0 Å². The Morgan fingerprint density at radius 2 is 1.96 bits per heavy atom. The molecule has 1 aromatic heterocycles. The molecule has 1 unspecified atom stereocenters. The summed E-state index contributed by atoms with van der Waals surface area (Å²) in [5.41, 5.74) is 3.26. The van der Waals surface area contributed by atoms with Crippen LogP contribution in [0.4, 0.5) is 0 Å². The summed E-state index contributed by atoms with van der Waals surface area (Å²) in [5, 5.41) is 1.56. The first-order chi connectivity index (χ1) is 12.0. The van der Waals surface area contributed by atoms with Crippen molar-refractivity contribution >= 4 is 22.6 Å². The molecule has 0 fully saturated rings. The van der Waals surface area contributed by atoms with E-state index in [4.69, 9.17) is 20.8 Å². The van der Waals surface area contributed by atoms with Gasteiger partial charge in [-0.1, -0.05) is 23.7 Å². The molecule has 3 aromatic rings. The number of hydrogen-bond acceptors (Lipinski definition) is 3. The Hall–Kier alpha value is -2.30. The predicted molar refractivity (Wildman–Crippen MR) is 99.5 cm³/mol. The molecule has 0 bridgehead atoms. The van der Waals surface area contributed by atoms with Crippen molar-refractivity contribution in [2.75, 3.05) is 14.2 Å². The smallest absolute Gasteiger partial charge is 0.336 e. The fourth-order valence-corrected chi connectivity index (χ4v) is 3.18. The summed E-state index contributed by atoms with van der Waals surface area (Å²) >= 11 is 6.26. The van der Waals surface area contributed by atoms with Gasteiger partial charge in [-0.15, -0.1) is 0 Å². The average molecular weight is 359 g/mol. The molecule has 0 spiro atoms. The lowest BCUT2D eigenvalue weighted by atomic mass is 10.1. The predicted octanol–water partition coefficient (Wildman–Crippen LogP) is 2.98. The topological polar surface area (TPSA) is 43.9 Å². The van der Waals surface area contributed by atoms with Gasteiger partial charge in [0.2, 0.25) is 0 Å². The number of ether oxygens (including phenoxy) is 1. The molecule has 0 saturated heterocycles. The molecule has 5 heteroatoms. The fourth-order valence-electron chi connectivity index (χ4n) is 3.01. The number of halogens is 1. The number of fused-ring (bicyclic) bond motifs is 1. The van der Waals surface area contributed by atoms with Gasteiger partial charge in [0.15, 0.2) is 0 Å². The highest BCUT2D eigenvalue weighted by Crippen LogP contribution is 2.24. The van der Waals surface area contributed by atoms with Gasteiger partial charge in [0.25, 0.3) is 0 Å². The van der Waals surface area contributed by atoms with Crippen molar-refractivity contribution in [3.05, 3.63) is 74.6 Å². The lowest BCUT2D eigenvalue weighted by molar-refractivity contribution is -0.907. The summed E-state index contributed by atoms with van der Waals surface area (Å²) in [4.78, 5) is 13.1. The van der Waals surface area contributed by atoms with Crippen LogP contribution in [-0.4, -0.2) is 14.2 Å². The molecule has 1 N–H and O–H groups in total. The first-order valence-corrected chi connectivity index (χ1v) is 8.51. The first-order valence-electron chi connectivity index (χ1n) is 8.13. The van der Waals surface area contributed by atoms with Crippen molar-refractivity contribution in [1.29, 1.82) is 0 Å². The number of rotatable bonds is 5. The molecule has 0 aliphatic carbocycles. The summed E-state index contributed by atoms with van der Waals surface area (Å²) in [6.45, 7) is 3.41. The average Bonchev–Trinajstić information content (AvgIpc) is 2.56. The fraction of sp³-hybridized carbons (Fsp3) is 0.250. The van der Waals surface area contributed by atoms with Crippen LogP contribution in [0.2, 0.25) is 5.02 Å². The minimum atomic E-state index is -0.335. The van der Waals surface area contributed by atoms with E-state index in [9.17, 15) is 4.79 Å². The maximum absolute atomic E-state index is 11.9. The number of methoxy groups -OCH3 is 1. The Balaban J connectivity index is 1.88. The van der Waals surface area contributed by atoms with Crippen LogP contribution in [-0.2, 0) is 13.1 Å². The molecule has 0 amide bonds. The van der Waals surface area contributed by atoms with E-state index in [0.29, 0.717) is 17.2 Å². The van der Waals surface area contributed by atoms with Gasteiger partial charge < -0.3 is 14.1 Å². The highest BCUT2D eigenvalue weighted by Gasteiger charge is 2.13. The maximum atomic E-state index is 11.9. The Labute approximate surface area is 151 Å². The molecule has 0 radical (unpaired) electrons. The lowest BCUT2D eigenvalue weighted by Gasteiger charge is -2.16. The highest BCUT2D eigenvalue weighted by molar-refractivity contribution is 6.32. The molecule has 3 rings (SSSR count). The van der Waals surface area contributed by atoms with Gasteiger partial charge in [0.05, 0.1) is 14.2 Å². The largest absolute Gasteiger partial charge is 0.497 e. The maximum Gasteiger partial charge on any atom is 0.336 e. The van der Waals surface area contributed by atoms with Gasteiger partial charge in [-0.3, -0.25) is 0 Å². The van der Waals surface area contributed by atoms with Crippen molar-refractivity contribution < 1.29 is 14.1 Å². The first kappa shape index (κ1) is 17.5. The number of quaternary nitrogens is 1. The van der Waals surface area contributed by atoms with E-state index in [0.717, 1.165) is 28.8 Å². The van der Waals surface area contributed by atoms with E-state index >= 15 is 0 Å². The summed E-state index contributed by atoms with van der Waals surface area (Å²) in [6, 6.07) is 13.3. The second kappa shape index (κ2) is 7.30. The third-order valence-corrected chi connectivity index (χ3v) is 4.65. The van der Waals surface area contributed by atoms with Crippen LogP contribution in [0.5, 0.6) is 5.75 Å². The third kappa shape index (κ3) is 4.03. The Kier molecular flexibility index (Phi) is 5.11. The minimum Gasteiger partial charge on any atom is -0.497 e. The molecular weight excluding hydrogens is 338 g/mol. The Morgan fingerprint density at radius 3 is 2.72 bits per heavy atom. The minimum absolute atomic E-state index is 0.335. The van der Waals surface area contributed by atoms with E-state index in [1.165, 1.54) is 10.5 Å². The second-order valence-corrected chi connectivity index (χ2v) is 6.76. The van der Waals surface area contributed by atoms with Crippen LogP contribution in [0.25, 0.3) is 11.0 Å². The van der Waals surface area contributed by atoms with Gasteiger partial charge in [-0.05, 0) is 36.8 Å². The summed E-state index contributed by atoms with van der Waals surface area (Å²) in [6.07, 6.45) is 0. The summed E-state index contributed by atoms with van der Waals surface area (Å²) < 4.78 is 10.6. The van der Waals surface area contributed by atoms with Gasteiger partial charge in [0, 0.05) is 27.6 Å². The molecule has 0 saturated carbocycles. The zero-order chi connectivity index (χ0) is 18.0. The molecule has 1 atom stereocenters. The second-order valence-electron chi connectivity index (χ2n) is 6.35. The lowest BCUT2D eigenvalue weighted by Crippen LogP contribution is -3.06. The van der Waals surface area contributed by atoms with Crippen LogP contribution >= 0.6 is 11.6 Å². The Morgan fingerprint density at radius 1 is 1.16 bits per heavy atom. The zero-order valence-electron chi connectivity index (χ0n) is 14.6. The summed E-state index contributed by atoms with van der Waals surface area (Å²) in [5.74, 6) is 0.846. The number of benzene rings is 2. The van der Waals surface area contributed by atoms with Crippen LogP contribution in [0.3, 0.4) is 0 Å². The third-order valence-electron chi connectivity index (χ3n) is 4.24. The quantitative estimate of drug-likeness (QED) is 0.713. The van der Waals surface area contributed by atoms with Crippen molar-refractivity contribution in [2.45, 2.75) is 20.0 Å². The van der Waals surface area contributed by atoms with Crippen molar-refractivity contribution in [2.24, 2.45) is 0 Å². The van der Waals surface area contributed by atoms with Gasteiger partial charge >= 0.3 is 5.63 Å². The molecule has 4 nitrogen and oxygen atoms in total. The molecule has 2 aromatic carbocycles.